The molecule has 1 saturated heterocycles. The molecule has 40 heavy (non-hydrogen) atoms. The van der Waals surface area contributed by atoms with Crippen molar-refractivity contribution >= 4 is 11.7 Å². The quantitative estimate of drug-likeness (QED) is 0.124. The van der Waals surface area contributed by atoms with Gasteiger partial charge in [-0.25, -0.2) is 0 Å². The Hall–Kier alpha value is -2.37. The molecule has 0 bridgehead atoms. The van der Waals surface area contributed by atoms with E-state index < -0.39 is 6.29 Å². The number of hydrogen-bond donors (Lipinski definition) is 1. The zero-order chi connectivity index (χ0) is 28.1. The highest BCUT2D eigenvalue weighted by Gasteiger charge is 2.25. The van der Waals surface area contributed by atoms with Gasteiger partial charge in [0.2, 0.25) is 0 Å². The van der Waals surface area contributed by atoms with Crippen molar-refractivity contribution in [2.45, 2.75) is 122 Å². The van der Waals surface area contributed by atoms with Gasteiger partial charge in [0.1, 0.15) is 6.10 Å². The molecule has 0 amide bonds. The molecule has 2 aromatic rings. The lowest BCUT2D eigenvalue weighted by Gasteiger charge is -2.29. The molecule has 0 atom stereocenters. The summed E-state index contributed by atoms with van der Waals surface area (Å²) in [6.45, 7) is 4.00. The lowest BCUT2D eigenvalue weighted by atomic mass is 10.0. The number of rotatable bonds is 21. The van der Waals surface area contributed by atoms with E-state index in [1.54, 1.807) is 0 Å². The summed E-state index contributed by atoms with van der Waals surface area (Å²) in [6, 6.07) is 18.2. The number of esters is 1. The van der Waals surface area contributed by atoms with Gasteiger partial charge in [0.25, 0.3) is 0 Å². The first-order valence-corrected chi connectivity index (χ1v) is 16.0. The number of carbonyl (C=O) groups is 1. The molecule has 1 aliphatic rings. The fourth-order valence-electron chi connectivity index (χ4n) is 5.19. The highest BCUT2D eigenvalue weighted by atomic mass is 16.7. The summed E-state index contributed by atoms with van der Waals surface area (Å²) in [4.78, 5) is 12.3. The maximum atomic E-state index is 12.3. The molecular weight excluding hydrogens is 498 g/mol. The zero-order valence-electron chi connectivity index (χ0n) is 24.9. The number of unbranched alkanes of at least 4 members (excludes halogenated alkanes) is 13. The van der Waals surface area contributed by atoms with Crippen LogP contribution < -0.4 is 5.32 Å². The van der Waals surface area contributed by atoms with Crippen molar-refractivity contribution in [1.29, 1.82) is 0 Å². The third-order valence-electron chi connectivity index (χ3n) is 7.67. The number of hydrogen-bond acceptors (Lipinski definition) is 5. The second-order valence-corrected chi connectivity index (χ2v) is 11.2. The summed E-state index contributed by atoms with van der Waals surface area (Å²) in [7, 11) is 0. The Bertz CT molecular complexity index is 893. The summed E-state index contributed by atoms with van der Waals surface area (Å²) in [5.41, 5.74) is 3.26. The average Bonchev–Trinajstić information content (AvgIpc) is 2.99. The van der Waals surface area contributed by atoms with Crippen LogP contribution in [0.1, 0.15) is 121 Å². The molecule has 0 aliphatic carbocycles. The Labute approximate surface area is 243 Å². The second-order valence-electron chi connectivity index (χ2n) is 11.2. The lowest BCUT2D eigenvalue weighted by molar-refractivity contribution is -0.229. The molecule has 0 saturated carbocycles. The molecule has 5 nitrogen and oxygen atoms in total. The maximum Gasteiger partial charge on any atom is 0.306 e. The van der Waals surface area contributed by atoms with Gasteiger partial charge in [0, 0.05) is 24.2 Å². The molecular formula is C35H53NO4. The molecule has 222 valence electrons. The highest BCUT2D eigenvalue weighted by molar-refractivity contribution is 5.70. The van der Waals surface area contributed by atoms with Gasteiger partial charge in [-0.15, -0.1) is 0 Å². The minimum Gasteiger partial charge on any atom is -0.457 e. The van der Waals surface area contributed by atoms with Gasteiger partial charge < -0.3 is 19.5 Å². The molecule has 0 radical (unpaired) electrons. The van der Waals surface area contributed by atoms with Crippen LogP contribution in [0.5, 0.6) is 0 Å². The largest absolute Gasteiger partial charge is 0.457 e. The summed E-state index contributed by atoms with van der Waals surface area (Å²) < 4.78 is 17.0. The minimum absolute atomic E-state index is 0.213. The molecule has 1 aliphatic heterocycles. The van der Waals surface area contributed by atoms with E-state index in [4.69, 9.17) is 14.2 Å². The van der Waals surface area contributed by atoms with E-state index in [0.29, 0.717) is 26.1 Å². The first kappa shape index (κ1) is 32.1. The number of benzene rings is 2. The molecule has 0 spiro atoms. The Balaban J connectivity index is 1.14. The van der Waals surface area contributed by atoms with E-state index in [0.717, 1.165) is 23.4 Å². The predicted octanol–water partition coefficient (Wildman–Crippen LogP) is 9.17. The maximum absolute atomic E-state index is 12.3. The smallest absolute Gasteiger partial charge is 0.306 e. The summed E-state index contributed by atoms with van der Waals surface area (Å²) >= 11 is 0. The molecule has 0 aromatic heterocycles. The topological polar surface area (TPSA) is 56.8 Å². The monoisotopic (exact) mass is 551 g/mol. The van der Waals surface area contributed by atoms with Crippen LogP contribution in [-0.2, 0) is 25.4 Å². The number of anilines is 1. The van der Waals surface area contributed by atoms with E-state index >= 15 is 0 Å². The van der Waals surface area contributed by atoms with Crippen LogP contribution in [0.15, 0.2) is 54.6 Å². The van der Waals surface area contributed by atoms with Crippen LogP contribution in [0.25, 0.3) is 0 Å². The average molecular weight is 552 g/mol. The summed E-state index contributed by atoms with van der Waals surface area (Å²) in [5, 5.41) is 3.53. The van der Waals surface area contributed by atoms with Gasteiger partial charge in [-0.1, -0.05) is 133 Å². The normalized spacial score (nSPS) is 17.0. The van der Waals surface area contributed by atoms with E-state index in [-0.39, 0.29) is 12.1 Å². The molecule has 0 unspecified atom stereocenters. The van der Waals surface area contributed by atoms with Crippen molar-refractivity contribution in [2.75, 3.05) is 25.1 Å². The van der Waals surface area contributed by atoms with E-state index in [1.807, 2.05) is 30.3 Å². The fourth-order valence-corrected chi connectivity index (χ4v) is 5.19. The number of ether oxygens (including phenoxy) is 3. The Morgan fingerprint density at radius 3 is 1.88 bits per heavy atom. The predicted molar refractivity (Wildman–Crippen MR) is 165 cm³/mol. The van der Waals surface area contributed by atoms with Crippen molar-refractivity contribution in [1.82, 2.24) is 0 Å². The molecule has 5 heteroatoms. The first-order valence-electron chi connectivity index (χ1n) is 16.0. The standard InChI is InChI=1S/C35H53NO4/c1-2-3-4-5-6-7-8-9-10-11-12-13-14-18-27-36-32-24-21-30(22-25-32)23-26-34(37)40-33-28-38-35(39-29-33)31-19-16-15-17-20-31/h15-17,19-22,24-25,33,35-36H,2-14,18,23,26-29H2,1H3. The van der Waals surface area contributed by atoms with Gasteiger partial charge in [0.05, 0.1) is 13.2 Å². The van der Waals surface area contributed by atoms with E-state index in [1.165, 1.54) is 89.9 Å². The van der Waals surface area contributed by atoms with Gasteiger partial charge in [-0.05, 0) is 30.5 Å². The van der Waals surface area contributed by atoms with Crippen LogP contribution in [0.4, 0.5) is 5.69 Å². The van der Waals surface area contributed by atoms with Gasteiger partial charge in [0.15, 0.2) is 6.29 Å². The first-order chi connectivity index (χ1) is 19.7. The van der Waals surface area contributed by atoms with Crippen LogP contribution in [-0.4, -0.2) is 31.8 Å². The van der Waals surface area contributed by atoms with E-state index in [9.17, 15) is 4.79 Å². The Kier molecular flexibility index (Phi) is 16.5. The third-order valence-corrected chi connectivity index (χ3v) is 7.67. The van der Waals surface area contributed by atoms with Crippen LogP contribution in [0, 0.1) is 0 Å². The van der Waals surface area contributed by atoms with Gasteiger partial charge in [-0.2, -0.15) is 0 Å². The second kappa shape index (κ2) is 20.5. The van der Waals surface area contributed by atoms with Crippen LogP contribution in [0.3, 0.4) is 0 Å². The molecule has 1 N–H and O–H groups in total. The molecule has 1 fully saturated rings. The molecule has 1 heterocycles. The van der Waals surface area contributed by atoms with Gasteiger partial charge in [-0.3, -0.25) is 4.79 Å². The SMILES string of the molecule is CCCCCCCCCCCCCCCCNc1ccc(CCC(=O)OC2COC(c3ccccc3)OC2)cc1. The molecule has 2 aromatic carbocycles. The van der Waals surface area contributed by atoms with Gasteiger partial charge >= 0.3 is 5.97 Å². The van der Waals surface area contributed by atoms with Crippen molar-refractivity contribution < 1.29 is 19.0 Å². The number of aryl methyl sites for hydroxylation is 1. The van der Waals surface area contributed by atoms with Crippen LogP contribution in [0.2, 0.25) is 0 Å². The fraction of sp³-hybridized carbons (Fsp3) is 0.629. The minimum atomic E-state index is -0.391. The highest BCUT2D eigenvalue weighted by Crippen LogP contribution is 2.24. The summed E-state index contributed by atoms with van der Waals surface area (Å²) in [5.74, 6) is -0.213. The van der Waals surface area contributed by atoms with Crippen molar-refractivity contribution in [2.24, 2.45) is 0 Å². The van der Waals surface area contributed by atoms with Crippen molar-refractivity contribution in [3.8, 4) is 0 Å². The summed E-state index contributed by atoms with van der Waals surface area (Å²) in [6.07, 6.45) is 19.7. The number of carbonyl (C=O) groups excluding carboxylic acids is 1. The molecule has 3 rings (SSSR count). The third kappa shape index (κ3) is 13.8. The Morgan fingerprint density at radius 1 is 0.750 bits per heavy atom. The lowest BCUT2D eigenvalue weighted by Crippen LogP contribution is -2.35. The van der Waals surface area contributed by atoms with Crippen LogP contribution >= 0.6 is 0 Å². The zero-order valence-corrected chi connectivity index (χ0v) is 24.9. The Morgan fingerprint density at radius 2 is 1.30 bits per heavy atom. The number of nitrogens with one attached hydrogen (secondary N) is 1. The van der Waals surface area contributed by atoms with Crippen molar-refractivity contribution in [3.63, 3.8) is 0 Å². The van der Waals surface area contributed by atoms with Crippen molar-refractivity contribution in [3.05, 3.63) is 65.7 Å². The van der Waals surface area contributed by atoms with E-state index in [2.05, 4.69) is 36.5 Å².